The van der Waals surface area contributed by atoms with Crippen molar-refractivity contribution in [3.63, 3.8) is 0 Å². The number of carbonyl (C=O) groups is 1. The Morgan fingerprint density at radius 2 is 2.27 bits per heavy atom. The lowest BCUT2D eigenvalue weighted by atomic mass is 9.99. The van der Waals surface area contributed by atoms with Crippen LogP contribution in [0.15, 0.2) is 11.0 Å². The van der Waals surface area contributed by atoms with Gasteiger partial charge >= 0.3 is 5.97 Å². The van der Waals surface area contributed by atoms with E-state index >= 15 is 0 Å². The summed E-state index contributed by atoms with van der Waals surface area (Å²) in [7, 11) is 1.25. The second-order valence-corrected chi connectivity index (χ2v) is 5.78. The molecule has 22 heavy (non-hydrogen) atoms. The zero-order valence-electron chi connectivity index (χ0n) is 12.7. The van der Waals surface area contributed by atoms with Crippen molar-refractivity contribution in [2.45, 2.75) is 45.1 Å². The van der Waals surface area contributed by atoms with Gasteiger partial charge in [0.05, 0.1) is 19.6 Å². The van der Waals surface area contributed by atoms with E-state index in [1.54, 1.807) is 0 Å². The summed E-state index contributed by atoms with van der Waals surface area (Å²) in [4.78, 5) is 25.8. The van der Waals surface area contributed by atoms with Crippen molar-refractivity contribution in [2.75, 3.05) is 7.11 Å². The van der Waals surface area contributed by atoms with Gasteiger partial charge in [0.25, 0.3) is 5.56 Å². The molecule has 8 heteroatoms. The van der Waals surface area contributed by atoms with Crippen molar-refractivity contribution in [3.8, 4) is 0 Å². The van der Waals surface area contributed by atoms with Crippen molar-refractivity contribution >= 4 is 18.2 Å². The first-order chi connectivity index (χ1) is 10.4. The summed E-state index contributed by atoms with van der Waals surface area (Å²) < 4.78 is 12.0. The summed E-state index contributed by atoms with van der Waals surface area (Å²) >= 11 is 5.14. The van der Waals surface area contributed by atoms with Gasteiger partial charge in [0.2, 0.25) is 0 Å². The first kappa shape index (κ1) is 16.9. The van der Waals surface area contributed by atoms with Crippen LogP contribution < -0.4 is 5.56 Å². The van der Waals surface area contributed by atoms with Gasteiger partial charge in [-0.2, -0.15) is 0 Å². The SMILES string of the molecule is CC[C@H]1O[C@@H](n2cc(CC(=O)OC)c(=O)[nH]c2=S)C(O)[C@H]1C. The fraction of sp³-hybridized carbons (Fsp3) is 0.643. The third-order valence-electron chi connectivity index (χ3n) is 4.01. The van der Waals surface area contributed by atoms with Crippen LogP contribution >= 0.6 is 12.2 Å². The van der Waals surface area contributed by atoms with Gasteiger partial charge in [-0.15, -0.1) is 0 Å². The first-order valence-corrected chi connectivity index (χ1v) is 7.54. The predicted octanol–water partition coefficient (Wildman–Crippen LogP) is 0.926. The molecule has 2 rings (SSSR count). The summed E-state index contributed by atoms with van der Waals surface area (Å²) in [5.74, 6) is -0.574. The minimum Gasteiger partial charge on any atom is -0.469 e. The monoisotopic (exact) mass is 328 g/mol. The van der Waals surface area contributed by atoms with Crippen LogP contribution in [-0.4, -0.2) is 39.9 Å². The molecule has 0 aromatic carbocycles. The Morgan fingerprint density at radius 1 is 1.59 bits per heavy atom. The number of ether oxygens (including phenoxy) is 2. The van der Waals surface area contributed by atoms with E-state index in [4.69, 9.17) is 17.0 Å². The Balaban J connectivity index is 2.39. The number of aromatic amines is 1. The number of hydrogen-bond acceptors (Lipinski definition) is 6. The molecule has 0 aliphatic carbocycles. The van der Waals surface area contributed by atoms with Crippen LogP contribution in [0, 0.1) is 10.7 Å². The Morgan fingerprint density at radius 3 is 2.82 bits per heavy atom. The standard InChI is InChI=1S/C14H20N2O5S/c1-4-9-7(2)11(18)13(21-9)16-6-8(5-10(17)20-3)12(19)15-14(16)22/h6-7,9,11,13,18H,4-5H2,1-3H3,(H,15,19,22)/t7-,9+,11?,13+/m0/s1. The molecule has 1 aliphatic rings. The molecule has 4 atom stereocenters. The van der Waals surface area contributed by atoms with Crippen molar-refractivity contribution in [3.05, 3.63) is 26.9 Å². The van der Waals surface area contributed by atoms with E-state index in [0.29, 0.717) is 0 Å². The number of methoxy groups -OCH3 is 1. The molecule has 122 valence electrons. The molecule has 1 saturated heterocycles. The zero-order valence-corrected chi connectivity index (χ0v) is 13.6. The molecule has 1 aromatic rings. The number of aliphatic hydroxyl groups excluding tert-OH is 1. The summed E-state index contributed by atoms with van der Waals surface area (Å²) in [6, 6.07) is 0. The number of nitrogens with one attached hydrogen (secondary N) is 1. The quantitative estimate of drug-likeness (QED) is 0.631. The molecule has 2 N–H and O–H groups in total. The van der Waals surface area contributed by atoms with Crippen molar-refractivity contribution in [1.82, 2.24) is 9.55 Å². The van der Waals surface area contributed by atoms with Crippen molar-refractivity contribution in [2.24, 2.45) is 5.92 Å². The van der Waals surface area contributed by atoms with E-state index in [0.717, 1.165) is 6.42 Å². The summed E-state index contributed by atoms with van der Waals surface area (Å²) in [6.07, 6.45) is 0.542. The fourth-order valence-electron chi connectivity index (χ4n) is 2.63. The van der Waals surface area contributed by atoms with E-state index in [2.05, 4.69) is 9.72 Å². The molecule has 0 radical (unpaired) electrons. The molecular formula is C14H20N2O5S. The van der Waals surface area contributed by atoms with Crippen molar-refractivity contribution < 1.29 is 19.4 Å². The molecule has 1 aromatic heterocycles. The Hall–Kier alpha value is -1.51. The van der Waals surface area contributed by atoms with Crippen LogP contribution in [0.4, 0.5) is 0 Å². The minimum atomic E-state index is -0.742. The maximum absolute atomic E-state index is 11.9. The van der Waals surface area contributed by atoms with Crippen molar-refractivity contribution in [1.29, 1.82) is 0 Å². The highest BCUT2D eigenvalue weighted by Crippen LogP contribution is 2.35. The lowest BCUT2D eigenvalue weighted by Crippen LogP contribution is -2.28. The van der Waals surface area contributed by atoms with Crippen LogP contribution in [0.1, 0.15) is 32.1 Å². The minimum absolute atomic E-state index is 0.0483. The third-order valence-corrected chi connectivity index (χ3v) is 4.32. The highest BCUT2D eigenvalue weighted by Gasteiger charge is 2.41. The molecule has 2 heterocycles. The average Bonchev–Trinajstić information content (AvgIpc) is 2.77. The van der Waals surface area contributed by atoms with Crippen LogP contribution in [0.3, 0.4) is 0 Å². The average molecular weight is 328 g/mol. The maximum Gasteiger partial charge on any atom is 0.310 e. The first-order valence-electron chi connectivity index (χ1n) is 7.13. The van der Waals surface area contributed by atoms with E-state index in [-0.39, 0.29) is 28.8 Å². The van der Waals surface area contributed by atoms with Gasteiger partial charge in [0.1, 0.15) is 6.10 Å². The van der Waals surface area contributed by atoms with Gasteiger partial charge in [-0.1, -0.05) is 13.8 Å². The number of aromatic nitrogens is 2. The zero-order chi connectivity index (χ0) is 16.4. The molecule has 7 nitrogen and oxygen atoms in total. The topological polar surface area (TPSA) is 93.5 Å². The van der Waals surface area contributed by atoms with Crippen LogP contribution in [0.2, 0.25) is 0 Å². The second kappa shape index (κ2) is 6.72. The smallest absolute Gasteiger partial charge is 0.310 e. The highest BCUT2D eigenvalue weighted by atomic mass is 32.1. The number of esters is 1. The normalized spacial score (nSPS) is 27.8. The van der Waals surface area contributed by atoms with Gasteiger partial charge in [-0.3, -0.25) is 19.1 Å². The van der Waals surface area contributed by atoms with E-state index in [1.807, 2.05) is 13.8 Å². The van der Waals surface area contributed by atoms with Gasteiger partial charge in [-0.25, -0.2) is 0 Å². The largest absolute Gasteiger partial charge is 0.469 e. The predicted molar refractivity (Wildman–Crippen MR) is 81.0 cm³/mol. The molecule has 0 bridgehead atoms. The van der Waals surface area contributed by atoms with Gasteiger partial charge in [0, 0.05) is 17.7 Å². The highest BCUT2D eigenvalue weighted by molar-refractivity contribution is 7.71. The molecule has 0 saturated carbocycles. The number of carbonyl (C=O) groups excluding carboxylic acids is 1. The number of H-pyrrole nitrogens is 1. The van der Waals surface area contributed by atoms with Crippen LogP contribution in [-0.2, 0) is 20.7 Å². The molecule has 0 spiro atoms. The number of aliphatic hydroxyl groups is 1. The summed E-state index contributed by atoms with van der Waals surface area (Å²) in [5.41, 5.74) is -0.233. The molecular weight excluding hydrogens is 308 g/mol. The number of hydrogen-bond donors (Lipinski definition) is 2. The van der Waals surface area contributed by atoms with Gasteiger partial charge in [0.15, 0.2) is 11.0 Å². The fourth-order valence-corrected chi connectivity index (χ4v) is 2.88. The molecule has 1 aliphatic heterocycles. The maximum atomic E-state index is 11.9. The second-order valence-electron chi connectivity index (χ2n) is 5.40. The number of nitrogens with zero attached hydrogens (tertiary/aromatic N) is 1. The van der Waals surface area contributed by atoms with E-state index in [1.165, 1.54) is 17.9 Å². The third kappa shape index (κ3) is 3.13. The summed E-state index contributed by atoms with van der Waals surface area (Å²) in [6.45, 7) is 3.88. The molecule has 1 fully saturated rings. The number of rotatable bonds is 4. The Kier molecular flexibility index (Phi) is 5.15. The molecule has 0 amide bonds. The van der Waals surface area contributed by atoms with Crippen LogP contribution in [0.5, 0.6) is 0 Å². The summed E-state index contributed by atoms with van der Waals surface area (Å²) in [5, 5.41) is 10.3. The van der Waals surface area contributed by atoms with Crippen LogP contribution in [0.25, 0.3) is 0 Å². The Labute approximate surface area is 132 Å². The Bertz CT molecular complexity index is 668. The van der Waals surface area contributed by atoms with E-state index in [9.17, 15) is 14.7 Å². The lowest BCUT2D eigenvalue weighted by Gasteiger charge is -2.19. The van der Waals surface area contributed by atoms with E-state index < -0.39 is 23.9 Å². The lowest BCUT2D eigenvalue weighted by molar-refractivity contribution is -0.139. The van der Waals surface area contributed by atoms with Gasteiger partial charge < -0.3 is 14.6 Å². The molecule has 1 unspecified atom stereocenters. The van der Waals surface area contributed by atoms with Gasteiger partial charge in [-0.05, 0) is 18.6 Å².